The van der Waals surface area contributed by atoms with E-state index in [1.165, 1.54) is 0 Å². The summed E-state index contributed by atoms with van der Waals surface area (Å²) in [5.74, 6) is -0.552. The zero-order chi connectivity index (χ0) is 18.4. The van der Waals surface area contributed by atoms with Crippen molar-refractivity contribution in [2.24, 2.45) is 0 Å². The number of amides is 2. The van der Waals surface area contributed by atoms with Gasteiger partial charge in [0.15, 0.2) is 0 Å². The van der Waals surface area contributed by atoms with E-state index in [1.54, 1.807) is 30.6 Å². The number of fused-ring (bicyclic) bond motifs is 1. The SMILES string of the molecule is O=C(CNC(=O)c1cccc(Cl)c1)NCCCn1cnc2ccccc21. The Kier molecular flexibility index (Phi) is 5.86. The summed E-state index contributed by atoms with van der Waals surface area (Å²) in [6.07, 6.45) is 2.58. The standard InChI is InChI=1S/C19H19ClN4O2/c20-15-6-3-5-14(11-15)19(26)22-12-18(25)21-9-4-10-24-13-23-16-7-1-2-8-17(16)24/h1-3,5-8,11,13H,4,9-10,12H2,(H,21,25)(H,22,26). The summed E-state index contributed by atoms with van der Waals surface area (Å²) in [6.45, 7) is 1.22. The maximum atomic E-state index is 12.0. The molecule has 0 fully saturated rings. The van der Waals surface area contributed by atoms with Crippen molar-refractivity contribution in [2.75, 3.05) is 13.1 Å². The van der Waals surface area contributed by atoms with Crippen molar-refractivity contribution in [1.29, 1.82) is 0 Å². The van der Waals surface area contributed by atoms with Crippen LogP contribution in [-0.2, 0) is 11.3 Å². The normalized spacial score (nSPS) is 10.7. The number of benzene rings is 2. The second-order valence-corrected chi connectivity index (χ2v) is 6.26. The number of halogens is 1. The quantitative estimate of drug-likeness (QED) is 0.628. The van der Waals surface area contributed by atoms with Crippen LogP contribution in [0, 0.1) is 0 Å². The average Bonchev–Trinajstić information content (AvgIpc) is 3.06. The Bertz CT molecular complexity index is 923. The first-order valence-corrected chi connectivity index (χ1v) is 8.71. The van der Waals surface area contributed by atoms with E-state index in [9.17, 15) is 9.59 Å². The van der Waals surface area contributed by atoms with Gasteiger partial charge in [0, 0.05) is 23.7 Å². The van der Waals surface area contributed by atoms with Gasteiger partial charge >= 0.3 is 0 Å². The van der Waals surface area contributed by atoms with E-state index in [0.717, 1.165) is 24.0 Å². The van der Waals surface area contributed by atoms with Crippen molar-refractivity contribution in [3.8, 4) is 0 Å². The molecule has 0 unspecified atom stereocenters. The van der Waals surface area contributed by atoms with Crippen LogP contribution in [0.2, 0.25) is 5.02 Å². The maximum absolute atomic E-state index is 12.0. The van der Waals surface area contributed by atoms with Crippen LogP contribution in [0.4, 0.5) is 0 Å². The lowest BCUT2D eigenvalue weighted by atomic mass is 10.2. The molecule has 1 heterocycles. The fraction of sp³-hybridized carbons (Fsp3) is 0.211. The molecule has 0 aliphatic heterocycles. The topological polar surface area (TPSA) is 76.0 Å². The summed E-state index contributed by atoms with van der Waals surface area (Å²) in [5.41, 5.74) is 2.46. The number of aryl methyl sites for hydroxylation is 1. The first-order chi connectivity index (χ1) is 12.6. The number of carbonyl (C=O) groups excluding carboxylic acids is 2. The van der Waals surface area contributed by atoms with Gasteiger partial charge in [0.2, 0.25) is 5.91 Å². The number of nitrogens with one attached hydrogen (secondary N) is 2. The fourth-order valence-electron chi connectivity index (χ4n) is 2.62. The molecule has 0 spiro atoms. The lowest BCUT2D eigenvalue weighted by molar-refractivity contribution is -0.120. The van der Waals surface area contributed by atoms with Crippen molar-refractivity contribution in [1.82, 2.24) is 20.2 Å². The van der Waals surface area contributed by atoms with Crippen molar-refractivity contribution < 1.29 is 9.59 Å². The number of rotatable bonds is 7. The van der Waals surface area contributed by atoms with Crippen molar-refractivity contribution in [3.05, 3.63) is 65.4 Å². The minimum absolute atomic E-state index is 0.0701. The van der Waals surface area contributed by atoms with Crippen LogP contribution in [0.25, 0.3) is 11.0 Å². The highest BCUT2D eigenvalue weighted by atomic mass is 35.5. The summed E-state index contributed by atoms with van der Waals surface area (Å²) in [4.78, 5) is 28.1. The Morgan fingerprint density at radius 1 is 1.08 bits per heavy atom. The van der Waals surface area contributed by atoms with Crippen molar-refractivity contribution >= 4 is 34.4 Å². The summed E-state index contributed by atoms with van der Waals surface area (Å²) in [5, 5.41) is 5.86. The third kappa shape index (κ3) is 4.61. The molecule has 0 saturated heterocycles. The predicted molar refractivity (Wildman–Crippen MR) is 101 cm³/mol. The Balaban J connectivity index is 1.38. The van der Waals surface area contributed by atoms with Gasteiger partial charge in [-0.25, -0.2) is 4.98 Å². The summed E-state index contributed by atoms with van der Waals surface area (Å²) in [7, 11) is 0. The zero-order valence-corrected chi connectivity index (χ0v) is 14.9. The fourth-order valence-corrected chi connectivity index (χ4v) is 2.81. The van der Waals surface area contributed by atoms with Gasteiger partial charge in [0.1, 0.15) is 0 Å². The van der Waals surface area contributed by atoms with Gasteiger partial charge in [0.25, 0.3) is 5.91 Å². The molecule has 2 amide bonds. The molecule has 3 aromatic rings. The van der Waals surface area contributed by atoms with E-state index in [2.05, 4.69) is 20.2 Å². The third-order valence-corrected chi connectivity index (χ3v) is 4.16. The average molecular weight is 371 g/mol. The molecule has 2 aromatic carbocycles. The first-order valence-electron chi connectivity index (χ1n) is 8.34. The molecular weight excluding hydrogens is 352 g/mol. The summed E-state index contributed by atoms with van der Waals surface area (Å²) >= 11 is 5.85. The Morgan fingerprint density at radius 3 is 2.77 bits per heavy atom. The van der Waals surface area contributed by atoms with Crippen LogP contribution >= 0.6 is 11.6 Å². The van der Waals surface area contributed by atoms with E-state index >= 15 is 0 Å². The molecule has 0 atom stereocenters. The second kappa shape index (κ2) is 8.49. The number of hydrogen-bond acceptors (Lipinski definition) is 3. The van der Waals surface area contributed by atoms with Crippen LogP contribution in [0.3, 0.4) is 0 Å². The molecule has 0 bridgehead atoms. The Hall–Kier alpha value is -2.86. The molecule has 1 aromatic heterocycles. The molecule has 2 N–H and O–H groups in total. The van der Waals surface area contributed by atoms with Crippen LogP contribution in [0.1, 0.15) is 16.8 Å². The lowest BCUT2D eigenvalue weighted by Gasteiger charge is -2.08. The highest BCUT2D eigenvalue weighted by Crippen LogP contribution is 2.12. The molecule has 134 valence electrons. The molecule has 3 rings (SSSR count). The van der Waals surface area contributed by atoms with Crippen LogP contribution in [0.15, 0.2) is 54.9 Å². The van der Waals surface area contributed by atoms with Gasteiger partial charge < -0.3 is 15.2 Å². The molecule has 7 heteroatoms. The van der Waals surface area contributed by atoms with Gasteiger partial charge in [-0.15, -0.1) is 0 Å². The number of para-hydroxylation sites is 2. The lowest BCUT2D eigenvalue weighted by Crippen LogP contribution is -2.37. The molecule has 0 saturated carbocycles. The van der Waals surface area contributed by atoms with Gasteiger partial charge in [-0.05, 0) is 36.8 Å². The Labute approximate surface area is 156 Å². The minimum atomic E-state index is -0.326. The highest BCUT2D eigenvalue weighted by molar-refractivity contribution is 6.30. The van der Waals surface area contributed by atoms with Crippen LogP contribution in [0.5, 0.6) is 0 Å². The molecule has 0 aliphatic carbocycles. The van der Waals surface area contributed by atoms with E-state index in [4.69, 9.17) is 11.6 Å². The van der Waals surface area contributed by atoms with Gasteiger partial charge in [-0.3, -0.25) is 9.59 Å². The first kappa shape index (κ1) is 17.9. The van der Waals surface area contributed by atoms with Crippen LogP contribution in [-0.4, -0.2) is 34.5 Å². The van der Waals surface area contributed by atoms with E-state index < -0.39 is 0 Å². The van der Waals surface area contributed by atoms with Gasteiger partial charge in [-0.1, -0.05) is 29.8 Å². The predicted octanol–water partition coefficient (Wildman–Crippen LogP) is 2.63. The van der Waals surface area contributed by atoms with E-state index in [0.29, 0.717) is 17.1 Å². The molecule has 26 heavy (non-hydrogen) atoms. The van der Waals surface area contributed by atoms with Crippen molar-refractivity contribution in [2.45, 2.75) is 13.0 Å². The van der Waals surface area contributed by atoms with Crippen LogP contribution < -0.4 is 10.6 Å². The zero-order valence-electron chi connectivity index (χ0n) is 14.1. The Morgan fingerprint density at radius 2 is 1.92 bits per heavy atom. The number of imidazole rings is 1. The van der Waals surface area contributed by atoms with Gasteiger partial charge in [-0.2, -0.15) is 0 Å². The number of aromatic nitrogens is 2. The number of carbonyl (C=O) groups is 2. The number of nitrogens with zero attached hydrogens (tertiary/aromatic N) is 2. The molecule has 0 aliphatic rings. The molecule has 6 nitrogen and oxygen atoms in total. The molecular formula is C19H19ClN4O2. The van der Waals surface area contributed by atoms with E-state index in [-0.39, 0.29) is 18.4 Å². The third-order valence-electron chi connectivity index (χ3n) is 3.92. The van der Waals surface area contributed by atoms with Crippen molar-refractivity contribution in [3.63, 3.8) is 0 Å². The monoisotopic (exact) mass is 370 g/mol. The second-order valence-electron chi connectivity index (χ2n) is 5.82. The maximum Gasteiger partial charge on any atom is 0.251 e. The molecule has 0 radical (unpaired) electrons. The summed E-state index contributed by atoms with van der Waals surface area (Å²) < 4.78 is 2.06. The summed E-state index contributed by atoms with van der Waals surface area (Å²) in [6, 6.07) is 14.5. The number of hydrogen-bond donors (Lipinski definition) is 2. The minimum Gasteiger partial charge on any atom is -0.355 e. The van der Waals surface area contributed by atoms with Gasteiger partial charge in [0.05, 0.1) is 23.9 Å². The smallest absolute Gasteiger partial charge is 0.251 e. The largest absolute Gasteiger partial charge is 0.355 e. The van der Waals surface area contributed by atoms with E-state index in [1.807, 2.05) is 24.3 Å². The highest BCUT2D eigenvalue weighted by Gasteiger charge is 2.08.